The molecule has 9 heteroatoms. The highest BCUT2D eigenvalue weighted by Gasteiger charge is 2.44. The number of aromatic nitrogens is 1. The van der Waals surface area contributed by atoms with Gasteiger partial charge in [-0.05, 0) is 73.7 Å². The summed E-state index contributed by atoms with van der Waals surface area (Å²) in [6.45, 7) is 6.44. The second-order valence-electron chi connectivity index (χ2n) is 11.1. The van der Waals surface area contributed by atoms with E-state index in [0.29, 0.717) is 43.5 Å². The molecule has 1 aliphatic heterocycles. The van der Waals surface area contributed by atoms with Gasteiger partial charge in [-0.3, -0.25) is 24.3 Å². The van der Waals surface area contributed by atoms with E-state index in [1.54, 1.807) is 17.3 Å². The number of carbonyl (C=O) groups excluding carboxylic acids is 3. The maximum Gasteiger partial charge on any atom is 0.250 e. The van der Waals surface area contributed by atoms with Gasteiger partial charge in [0, 0.05) is 32.0 Å². The molecule has 1 fully saturated rings. The van der Waals surface area contributed by atoms with E-state index < -0.39 is 5.54 Å². The van der Waals surface area contributed by atoms with Crippen LogP contribution in [0, 0.1) is 5.92 Å². The van der Waals surface area contributed by atoms with Crippen molar-refractivity contribution >= 4 is 29.3 Å². The minimum absolute atomic E-state index is 0.0907. The molecule has 1 atom stereocenters. The highest BCUT2D eigenvalue weighted by Crippen LogP contribution is 2.36. The number of benzene rings is 1. The van der Waals surface area contributed by atoms with Crippen LogP contribution in [0.4, 0.5) is 0 Å². The van der Waals surface area contributed by atoms with Gasteiger partial charge in [-0.15, -0.1) is 0 Å². The number of nitrogens with zero attached hydrogens (tertiary/aromatic N) is 3. The standard InChI is InChI=1S/C30H40ClN5O3/c1-22(2)12-17-36-20-27(37)34-30(13-7-9-23-8-3-4-10-25(23)30)29(39)33-14-5-6-16-35(21-28(36)38)19-24-11-15-32-18-26(24)31/h3-4,8,10-11,15,18,22H,5-7,9,12-14,16-17,19-21H2,1-2H3,(H,33,39)(H,34,37). The van der Waals surface area contributed by atoms with Gasteiger partial charge in [0.15, 0.2) is 0 Å². The summed E-state index contributed by atoms with van der Waals surface area (Å²) in [5.74, 6) is -0.223. The predicted octanol–water partition coefficient (Wildman–Crippen LogP) is 3.67. The third-order valence-corrected chi connectivity index (χ3v) is 8.02. The van der Waals surface area contributed by atoms with Crippen molar-refractivity contribution in [3.63, 3.8) is 0 Å². The third kappa shape index (κ3) is 7.37. The first kappa shape index (κ1) is 29.0. The molecule has 8 nitrogen and oxygen atoms in total. The van der Waals surface area contributed by atoms with Gasteiger partial charge >= 0.3 is 0 Å². The van der Waals surface area contributed by atoms with E-state index in [-0.39, 0.29) is 30.8 Å². The van der Waals surface area contributed by atoms with Crippen molar-refractivity contribution in [1.82, 2.24) is 25.4 Å². The molecule has 3 amide bonds. The molecule has 1 spiro atoms. The molecule has 2 aromatic rings. The Balaban J connectivity index is 1.60. The van der Waals surface area contributed by atoms with E-state index in [9.17, 15) is 14.4 Å². The van der Waals surface area contributed by atoms with E-state index in [1.807, 2.05) is 30.3 Å². The van der Waals surface area contributed by atoms with Gasteiger partial charge in [-0.1, -0.05) is 49.7 Å². The lowest BCUT2D eigenvalue weighted by Gasteiger charge is -2.39. The molecule has 0 radical (unpaired) electrons. The lowest BCUT2D eigenvalue weighted by Crippen LogP contribution is -2.60. The maximum atomic E-state index is 13.7. The summed E-state index contributed by atoms with van der Waals surface area (Å²) in [5.41, 5.74) is 1.71. The zero-order valence-corrected chi connectivity index (χ0v) is 23.8. The van der Waals surface area contributed by atoms with Crippen molar-refractivity contribution in [2.75, 3.05) is 32.7 Å². The van der Waals surface area contributed by atoms with Gasteiger partial charge in [0.25, 0.3) is 0 Å². The number of hydrogen-bond acceptors (Lipinski definition) is 5. The molecule has 39 heavy (non-hydrogen) atoms. The van der Waals surface area contributed by atoms with Crippen LogP contribution in [-0.2, 0) is 32.9 Å². The molecule has 1 saturated heterocycles. The van der Waals surface area contributed by atoms with Crippen molar-refractivity contribution in [3.8, 4) is 0 Å². The predicted molar refractivity (Wildman–Crippen MR) is 152 cm³/mol. The molecule has 0 bridgehead atoms. The summed E-state index contributed by atoms with van der Waals surface area (Å²) in [7, 11) is 0. The Morgan fingerprint density at radius 2 is 1.90 bits per heavy atom. The van der Waals surface area contributed by atoms with Gasteiger partial charge < -0.3 is 15.5 Å². The number of amides is 3. The SMILES string of the molecule is CC(C)CCN1CC(=O)NC2(CCCc3ccccc32)C(=O)NCCCCN(Cc2ccncc2Cl)CC1=O. The van der Waals surface area contributed by atoms with Crippen LogP contribution in [0.5, 0.6) is 0 Å². The fraction of sp³-hybridized carbons (Fsp3) is 0.533. The molecular weight excluding hydrogens is 514 g/mol. The van der Waals surface area contributed by atoms with Gasteiger partial charge in [0.1, 0.15) is 5.54 Å². The summed E-state index contributed by atoms with van der Waals surface area (Å²) < 4.78 is 0. The molecule has 1 aromatic carbocycles. The number of hydrogen-bond donors (Lipinski definition) is 2. The number of pyridine rings is 1. The fourth-order valence-electron chi connectivity index (χ4n) is 5.50. The molecule has 1 aromatic heterocycles. The van der Waals surface area contributed by atoms with Crippen LogP contribution in [0.15, 0.2) is 42.7 Å². The summed E-state index contributed by atoms with van der Waals surface area (Å²) in [6.07, 6.45) is 7.84. The molecule has 210 valence electrons. The van der Waals surface area contributed by atoms with Crippen molar-refractivity contribution in [2.24, 2.45) is 5.92 Å². The highest BCUT2D eigenvalue weighted by molar-refractivity contribution is 6.31. The zero-order chi connectivity index (χ0) is 27.8. The Morgan fingerprint density at radius 1 is 1.08 bits per heavy atom. The maximum absolute atomic E-state index is 13.7. The zero-order valence-electron chi connectivity index (χ0n) is 23.0. The molecular formula is C30H40ClN5O3. The monoisotopic (exact) mass is 553 g/mol. The Bertz CT molecular complexity index is 1170. The summed E-state index contributed by atoms with van der Waals surface area (Å²) in [4.78, 5) is 48.7. The number of nitrogens with one attached hydrogen (secondary N) is 2. The Morgan fingerprint density at radius 3 is 2.69 bits per heavy atom. The van der Waals surface area contributed by atoms with Crippen LogP contribution in [0.1, 0.15) is 62.6 Å². The lowest BCUT2D eigenvalue weighted by molar-refractivity contribution is -0.140. The van der Waals surface area contributed by atoms with Crippen molar-refractivity contribution in [1.29, 1.82) is 0 Å². The summed E-state index contributed by atoms with van der Waals surface area (Å²) in [6, 6.07) is 9.73. The van der Waals surface area contributed by atoms with Gasteiger partial charge in [-0.2, -0.15) is 0 Å². The number of rotatable bonds is 5. The first-order valence-electron chi connectivity index (χ1n) is 14.0. The van der Waals surface area contributed by atoms with Gasteiger partial charge in [0.05, 0.1) is 18.1 Å². The normalized spacial score (nSPS) is 21.8. The quantitative estimate of drug-likeness (QED) is 0.589. The van der Waals surface area contributed by atoms with E-state index in [2.05, 4.69) is 34.4 Å². The molecule has 4 rings (SSSR count). The molecule has 1 aliphatic carbocycles. The van der Waals surface area contributed by atoms with E-state index >= 15 is 0 Å². The first-order valence-corrected chi connectivity index (χ1v) is 14.4. The average Bonchev–Trinajstić information content (AvgIpc) is 2.91. The second-order valence-corrected chi connectivity index (χ2v) is 11.5. The molecule has 2 heterocycles. The van der Waals surface area contributed by atoms with Crippen LogP contribution in [0.3, 0.4) is 0 Å². The first-order chi connectivity index (χ1) is 18.8. The Kier molecular flexibility index (Phi) is 9.97. The fourth-order valence-corrected chi connectivity index (χ4v) is 5.68. The van der Waals surface area contributed by atoms with Crippen LogP contribution >= 0.6 is 11.6 Å². The van der Waals surface area contributed by atoms with Gasteiger partial charge in [-0.25, -0.2) is 0 Å². The number of fused-ring (bicyclic) bond motifs is 2. The molecule has 2 aliphatic rings. The Labute approximate surface area is 236 Å². The van der Waals surface area contributed by atoms with Crippen LogP contribution in [0.2, 0.25) is 5.02 Å². The lowest BCUT2D eigenvalue weighted by atomic mass is 9.75. The van der Waals surface area contributed by atoms with Crippen molar-refractivity contribution in [3.05, 3.63) is 64.4 Å². The van der Waals surface area contributed by atoms with Crippen molar-refractivity contribution in [2.45, 2.75) is 64.5 Å². The number of carbonyl (C=O) groups is 3. The summed E-state index contributed by atoms with van der Waals surface area (Å²) in [5, 5.41) is 6.78. The van der Waals surface area contributed by atoms with E-state index in [4.69, 9.17) is 11.6 Å². The minimum atomic E-state index is -1.13. The number of aryl methyl sites for hydroxylation is 1. The van der Waals surface area contributed by atoms with Crippen molar-refractivity contribution < 1.29 is 14.4 Å². The largest absolute Gasteiger partial charge is 0.354 e. The topological polar surface area (TPSA) is 94.6 Å². The third-order valence-electron chi connectivity index (χ3n) is 7.67. The molecule has 2 N–H and O–H groups in total. The smallest absolute Gasteiger partial charge is 0.250 e. The minimum Gasteiger partial charge on any atom is -0.354 e. The second kappa shape index (κ2) is 13.4. The summed E-state index contributed by atoms with van der Waals surface area (Å²) >= 11 is 6.37. The Hall–Kier alpha value is -2.97. The molecule has 0 saturated carbocycles. The van der Waals surface area contributed by atoms with Gasteiger partial charge in [0.2, 0.25) is 17.7 Å². The molecule has 1 unspecified atom stereocenters. The average molecular weight is 554 g/mol. The van der Waals surface area contributed by atoms with Crippen LogP contribution in [-0.4, -0.2) is 65.2 Å². The highest BCUT2D eigenvalue weighted by atomic mass is 35.5. The van der Waals surface area contributed by atoms with E-state index in [1.165, 1.54) is 0 Å². The number of halogens is 1. The van der Waals surface area contributed by atoms with Crippen LogP contribution < -0.4 is 10.6 Å². The van der Waals surface area contributed by atoms with Crippen LogP contribution in [0.25, 0.3) is 0 Å². The van der Waals surface area contributed by atoms with E-state index in [0.717, 1.165) is 48.8 Å².